The molecule has 2 saturated heterocycles. The molecule has 3 rings (SSSR count). The predicted octanol–water partition coefficient (Wildman–Crippen LogP) is 3.85. The van der Waals surface area contributed by atoms with Gasteiger partial charge < -0.3 is 23.8 Å². The summed E-state index contributed by atoms with van der Waals surface area (Å²) in [4.78, 5) is 37.4. The number of alkyl halides is 2. The highest BCUT2D eigenvalue weighted by atomic mass is 31.2. The van der Waals surface area contributed by atoms with Crippen molar-refractivity contribution in [2.24, 2.45) is 11.8 Å². The monoisotopic (exact) mass is 620 g/mol. The number of hydrogen-bond acceptors (Lipinski definition) is 10. The van der Waals surface area contributed by atoms with Gasteiger partial charge in [0, 0.05) is 39.0 Å². The van der Waals surface area contributed by atoms with E-state index in [-0.39, 0.29) is 36.8 Å². The number of carbonyl (C=O) groups is 3. The molecule has 2 fully saturated rings. The Labute approximate surface area is 243 Å². The molecule has 42 heavy (non-hydrogen) atoms. The van der Waals surface area contributed by atoms with Crippen molar-refractivity contribution in [2.75, 3.05) is 39.6 Å². The van der Waals surface area contributed by atoms with Crippen molar-refractivity contribution in [3.8, 4) is 5.75 Å². The Morgan fingerprint density at radius 2 is 1.83 bits per heavy atom. The summed E-state index contributed by atoms with van der Waals surface area (Å²) < 4.78 is 68.9. The number of halogens is 2. The van der Waals surface area contributed by atoms with E-state index < -0.39 is 57.1 Å². The molecule has 0 spiro atoms. The molecule has 0 saturated carbocycles. The summed E-state index contributed by atoms with van der Waals surface area (Å²) in [5.74, 6) is -5.73. The zero-order valence-electron chi connectivity index (χ0n) is 23.7. The number of hydrogen-bond donors (Lipinski definition) is 2. The van der Waals surface area contributed by atoms with Crippen molar-refractivity contribution in [1.29, 1.82) is 0 Å². The molecular weight excluding hydrogens is 581 g/mol. The highest BCUT2D eigenvalue weighted by molar-refractivity contribution is 7.52. The average molecular weight is 621 g/mol. The van der Waals surface area contributed by atoms with Crippen molar-refractivity contribution in [1.82, 2.24) is 9.99 Å². The van der Waals surface area contributed by atoms with E-state index in [1.165, 1.54) is 19.1 Å². The van der Waals surface area contributed by atoms with Gasteiger partial charge in [0.25, 0.3) is 5.92 Å². The summed E-state index contributed by atoms with van der Waals surface area (Å²) in [5.41, 5.74) is 0. The fourth-order valence-electron chi connectivity index (χ4n) is 4.77. The average Bonchev–Trinajstić information content (AvgIpc) is 3.39. The summed E-state index contributed by atoms with van der Waals surface area (Å²) in [6.07, 6.45) is -0.839. The maximum Gasteiger partial charge on any atom is 0.462 e. The van der Waals surface area contributed by atoms with E-state index in [0.717, 1.165) is 0 Å². The largest absolute Gasteiger partial charge is 0.481 e. The van der Waals surface area contributed by atoms with Crippen LogP contribution in [0.5, 0.6) is 5.75 Å². The number of ether oxygens (including phenoxy) is 3. The lowest BCUT2D eigenvalue weighted by molar-refractivity contribution is -0.189. The Hall–Kier alpha value is -2.64. The van der Waals surface area contributed by atoms with Gasteiger partial charge in [0.15, 0.2) is 6.10 Å². The first-order valence-corrected chi connectivity index (χ1v) is 15.5. The van der Waals surface area contributed by atoms with E-state index in [1.807, 2.05) is 0 Å². The normalized spacial score (nSPS) is 24.3. The van der Waals surface area contributed by atoms with Crippen molar-refractivity contribution in [2.45, 2.75) is 64.0 Å². The highest BCUT2D eigenvalue weighted by Gasteiger charge is 2.47. The molecule has 2 heterocycles. The maximum absolute atomic E-state index is 14.5. The molecule has 12 nitrogen and oxygen atoms in total. The topological polar surface area (TPSA) is 150 Å². The fourth-order valence-corrected chi connectivity index (χ4v) is 6.12. The molecule has 0 radical (unpaired) electrons. The summed E-state index contributed by atoms with van der Waals surface area (Å²) in [6, 6.07) is 6.51. The lowest BCUT2D eigenvalue weighted by Crippen LogP contribution is -2.54. The number of nitrogens with one attached hydrogen (secondary N) is 1. The van der Waals surface area contributed by atoms with E-state index in [0.29, 0.717) is 39.1 Å². The number of rotatable bonds is 16. The second-order valence-electron chi connectivity index (χ2n) is 10.4. The van der Waals surface area contributed by atoms with Crippen molar-refractivity contribution < 1.29 is 56.1 Å². The van der Waals surface area contributed by atoms with Crippen LogP contribution >= 0.6 is 7.75 Å². The van der Waals surface area contributed by atoms with Gasteiger partial charge in [-0.3, -0.25) is 19.3 Å². The van der Waals surface area contributed by atoms with Crippen molar-refractivity contribution >= 4 is 25.7 Å². The summed E-state index contributed by atoms with van der Waals surface area (Å²) in [7, 11) is -4.38. The van der Waals surface area contributed by atoms with Crippen LogP contribution in [-0.4, -0.2) is 85.6 Å². The van der Waals surface area contributed by atoms with Gasteiger partial charge in [-0.15, -0.1) is 0 Å². The van der Waals surface area contributed by atoms with Crippen LogP contribution < -0.4 is 9.61 Å². The Bertz CT molecular complexity index is 1100. The van der Waals surface area contributed by atoms with Crippen LogP contribution in [0.25, 0.3) is 0 Å². The minimum Gasteiger partial charge on any atom is -0.481 e. The molecule has 0 amide bonds. The van der Waals surface area contributed by atoms with Gasteiger partial charge in [0.05, 0.1) is 6.54 Å². The molecule has 1 aromatic rings. The minimum atomic E-state index is -4.38. The number of carbonyl (C=O) groups excluding carboxylic acids is 2. The number of carboxylic acid groups (broad SMARTS) is 1. The Morgan fingerprint density at radius 3 is 2.45 bits per heavy atom. The minimum absolute atomic E-state index is 0.000414. The number of esters is 2. The van der Waals surface area contributed by atoms with E-state index in [4.69, 9.17) is 28.4 Å². The molecule has 0 bridgehead atoms. The van der Waals surface area contributed by atoms with Crippen LogP contribution in [0, 0.1) is 11.8 Å². The molecular formula is C27H39F2N2O10P. The number of carboxylic acids is 1. The van der Waals surface area contributed by atoms with Gasteiger partial charge in [-0.05, 0) is 50.3 Å². The number of benzene rings is 1. The summed E-state index contributed by atoms with van der Waals surface area (Å²) in [6.45, 7) is 3.33. The lowest BCUT2D eigenvalue weighted by atomic mass is 9.88. The Balaban J connectivity index is 1.53. The number of piperidine rings is 1. The van der Waals surface area contributed by atoms with E-state index in [9.17, 15) is 27.7 Å². The molecule has 15 heteroatoms. The summed E-state index contributed by atoms with van der Waals surface area (Å²) in [5, 5.41) is 11.3. The zero-order chi connectivity index (χ0) is 30.8. The predicted molar refractivity (Wildman–Crippen MR) is 145 cm³/mol. The molecule has 2 aliphatic rings. The highest BCUT2D eigenvalue weighted by Crippen LogP contribution is 2.45. The SMILES string of the molecule is CCN1CCC(OC(=O)[C@H](C)NP(=O)(OCOC(=O)CCC2COCC2CCC(=O)O)Oc2ccccc2)C(F)(F)C1. The van der Waals surface area contributed by atoms with Gasteiger partial charge >= 0.3 is 25.7 Å². The van der Waals surface area contributed by atoms with E-state index in [2.05, 4.69) is 5.09 Å². The third-order valence-corrected chi connectivity index (χ3v) is 8.81. The molecule has 0 aromatic heterocycles. The van der Waals surface area contributed by atoms with Crippen molar-refractivity contribution in [3.63, 3.8) is 0 Å². The molecule has 1 aromatic carbocycles. The summed E-state index contributed by atoms with van der Waals surface area (Å²) >= 11 is 0. The van der Waals surface area contributed by atoms with Gasteiger partial charge in [0.2, 0.25) is 6.79 Å². The van der Waals surface area contributed by atoms with Gasteiger partial charge in [-0.2, -0.15) is 5.09 Å². The lowest BCUT2D eigenvalue weighted by Gasteiger charge is -2.37. The van der Waals surface area contributed by atoms with Gasteiger partial charge in [0.1, 0.15) is 11.8 Å². The number of para-hydroxylation sites is 1. The molecule has 236 valence electrons. The van der Waals surface area contributed by atoms with Crippen LogP contribution in [0.1, 0.15) is 46.0 Å². The van der Waals surface area contributed by atoms with Crippen LogP contribution in [0.15, 0.2) is 30.3 Å². The first kappa shape index (κ1) is 33.9. The van der Waals surface area contributed by atoms with Gasteiger partial charge in [-0.25, -0.2) is 17.9 Å². The second-order valence-corrected chi connectivity index (χ2v) is 12.1. The van der Waals surface area contributed by atoms with E-state index >= 15 is 0 Å². The quantitative estimate of drug-likeness (QED) is 0.157. The fraction of sp³-hybridized carbons (Fsp3) is 0.667. The number of aliphatic carboxylic acids is 1. The number of likely N-dealkylation sites (tertiary alicyclic amines) is 1. The number of nitrogens with zero attached hydrogens (tertiary/aromatic N) is 1. The standard InChI is InChI=1S/C27H39F2N2O10P/c1-3-31-14-13-23(27(28,29)17-31)40-26(35)19(2)30-42(36,41-22-7-5-4-6-8-22)39-18-38-25(34)12-10-21-16-37-15-20(21)9-11-24(32)33/h4-8,19-21,23H,3,9-18H2,1-2H3,(H,30,36)(H,32,33)/t19-,20?,21?,23?,42?/m0/s1. The van der Waals surface area contributed by atoms with Crippen molar-refractivity contribution in [3.05, 3.63) is 30.3 Å². The van der Waals surface area contributed by atoms with Crippen LogP contribution in [-0.2, 0) is 37.7 Å². The molecule has 4 unspecified atom stereocenters. The molecule has 5 atom stereocenters. The zero-order valence-corrected chi connectivity index (χ0v) is 24.6. The molecule has 2 aliphatic heterocycles. The third-order valence-electron chi connectivity index (χ3n) is 7.21. The van der Waals surface area contributed by atoms with E-state index in [1.54, 1.807) is 30.0 Å². The Morgan fingerprint density at radius 1 is 1.17 bits per heavy atom. The van der Waals surface area contributed by atoms with Crippen LogP contribution in [0.4, 0.5) is 8.78 Å². The second kappa shape index (κ2) is 15.7. The smallest absolute Gasteiger partial charge is 0.462 e. The third kappa shape index (κ3) is 10.6. The molecule has 2 N–H and O–H groups in total. The maximum atomic E-state index is 14.5. The van der Waals surface area contributed by atoms with Crippen LogP contribution in [0.2, 0.25) is 0 Å². The first-order chi connectivity index (χ1) is 19.9. The Kier molecular flexibility index (Phi) is 12.7. The first-order valence-electron chi connectivity index (χ1n) is 13.9. The van der Waals surface area contributed by atoms with Crippen LogP contribution in [0.3, 0.4) is 0 Å². The van der Waals surface area contributed by atoms with Gasteiger partial charge in [-0.1, -0.05) is 25.1 Å². The molecule has 0 aliphatic carbocycles.